The predicted molar refractivity (Wildman–Crippen MR) is 89.6 cm³/mol. The summed E-state index contributed by atoms with van der Waals surface area (Å²) in [6, 6.07) is 13.6. The zero-order valence-corrected chi connectivity index (χ0v) is 13.1. The highest BCUT2D eigenvalue weighted by atomic mass is 35.5. The molecule has 3 rings (SSSR count). The summed E-state index contributed by atoms with van der Waals surface area (Å²) in [5, 5.41) is 0.691. The van der Waals surface area contributed by atoms with Gasteiger partial charge < -0.3 is 15.5 Å². The zero-order chi connectivity index (χ0) is 15.5. The standard InChI is InChI=1S/C17H18ClN3O/c1-22-16-7-6-13(18)9-11(16)8-12(10-19)17-20-14-4-2-3-5-15(14)21-17/h2-7,9,12H,8,10,19H2,1H3,(H,20,21). The number of aromatic nitrogens is 2. The maximum atomic E-state index is 6.10. The van der Waals surface area contributed by atoms with E-state index >= 15 is 0 Å². The van der Waals surface area contributed by atoms with Gasteiger partial charge >= 0.3 is 0 Å². The lowest BCUT2D eigenvalue weighted by Gasteiger charge is -2.15. The van der Waals surface area contributed by atoms with E-state index in [1.54, 1.807) is 7.11 Å². The molecule has 1 atom stereocenters. The number of nitrogens with one attached hydrogen (secondary N) is 1. The molecule has 0 spiro atoms. The van der Waals surface area contributed by atoms with Crippen LogP contribution in [0.15, 0.2) is 42.5 Å². The van der Waals surface area contributed by atoms with Gasteiger partial charge in [0.2, 0.25) is 0 Å². The molecule has 0 fully saturated rings. The molecule has 0 saturated heterocycles. The number of rotatable bonds is 5. The number of para-hydroxylation sites is 2. The van der Waals surface area contributed by atoms with Crippen LogP contribution in [0.5, 0.6) is 5.75 Å². The molecule has 22 heavy (non-hydrogen) atoms. The quantitative estimate of drug-likeness (QED) is 0.757. The van der Waals surface area contributed by atoms with Crippen molar-refractivity contribution in [3.8, 4) is 5.75 Å². The Morgan fingerprint density at radius 3 is 2.82 bits per heavy atom. The number of aromatic amines is 1. The van der Waals surface area contributed by atoms with E-state index < -0.39 is 0 Å². The Hall–Kier alpha value is -2.04. The third-order valence-corrected chi connectivity index (χ3v) is 4.02. The van der Waals surface area contributed by atoms with E-state index in [-0.39, 0.29) is 5.92 Å². The summed E-state index contributed by atoms with van der Waals surface area (Å²) in [4.78, 5) is 8.00. The Balaban J connectivity index is 1.93. The van der Waals surface area contributed by atoms with E-state index in [9.17, 15) is 0 Å². The fourth-order valence-corrected chi connectivity index (χ4v) is 2.82. The van der Waals surface area contributed by atoms with Crippen LogP contribution in [0, 0.1) is 0 Å². The lowest BCUT2D eigenvalue weighted by atomic mass is 9.98. The predicted octanol–water partition coefficient (Wildman–Crippen LogP) is 3.51. The number of hydrogen-bond donors (Lipinski definition) is 2. The summed E-state index contributed by atoms with van der Waals surface area (Å²) in [5.41, 5.74) is 8.98. The van der Waals surface area contributed by atoms with Gasteiger partial charge in [0.15, 0.2) is 0 Å². The van der Waals surface area contributed by atoms with Crippen LogP contribution in [0.25, 0.3) is 11.0 Å². The number of benzene rings is 2. The smallest absolute Gasteiger partial charge is 0.122 e. The summed E-state index contributed by atoms with van der Waals surface area (Å²) < 4.78 is 5.41. The Labute approximate surface area is 134 Å². The molecule has 0 saturated carbocycles. The van der Waals surface area contributed by atoms with Crippen molar-refractivity contribution < 1.29 is 4.74 Å². The van der Waals surface area contributed by atoms with Gasteiger partial charge in [0.1, 0.15) is 11.6 Å². The highest BCUT2D eigenvalue weighted by Crippen LogP contribution is 2.28. The first kappa shape index (κ1) is 14.9. The molecule has 3 aromatic rings. The van der Waals surface area contributed by atoms with Crippen LogP contribution < -0.4 is 10.5 Å². The van der Waals surface area contributed by atoms with E-state index in [2.05, 4.69) is 9.97 Å². The van der Waals surface area contributed by atoms with E-state index in [0.29, 0.717) is 11.6 Å². The maximum absolute atomic E-state index is 6.10. The first-order valence-electron chi connectivity index (χ1n) is 7.18. The van der Waals surface area contributed by atoms with Crippen molar-refractivity contribution in [2.45, 2.75) is 12.3 Å². The molecule has 2 aromatic carbocycles. The van der Waals surface area contributed by atoms with Crippen LogP contribution in [0.1, 0.15) is 17.3 Å². The number of hydrogen-bond acceptors (Lipinski definition) is 3. The number of halogens is 1. The third kappa shape index (κ3) is 2.93. The van der Waals surface area contributed by atoms with Crippen LogP contribution >= 0.6 is 11.6 Å². The number of nitrogens with zero attached hydrogens (tertiary/aromatic N) is 1. The van der Waals surface area contributed by atoms with E-state index in [1.165, 1.54) is 0 Å². The summed E-state index contributed by atoms with van der Waals surface area (Å²) >= 11 is 6.10. The van der Waals surface area contributed by atoms with Crippen molar-refractivity contribution in [3.63, 3.8) is 0 Å². The average molecular weight is 316 g/mol. The second-order valence-corrected chi connectivity index (χ2v) is 5.67. The Morgan fingerprint density at radius 1 is 1.27 bits per heavy atom. The molecule has 4 nitrogen and oxygen atoms in total. The van der Waals surface area contributed by atoms with Crippen molar-refractivity contribution in [1.82, 2.24) is 9.97 Å². The third-order valence-electron chi connectivity index (χ3n) is 3.79. The number of imidazole rings is 1. The fourth-order valence-electron chi connectivity index (χ4n) is 2.63. The molecule has 0 bridgehead atoms. The molecule has 0 amide bonds. The number of ether oxygens (including phenoxy) is 1. The Morgan fingerprint density at radius 2 is 2.09 bits per heavy atom. The van der Waals surface area contributed by atoms with Crippen LogP contribution in [-0.2, 0) is 6.42 Å². The maximum Gasteiger partial charge on any atom is 0.122 e. The van der Waals surface area contributed by atoms with Gasteiger partial charge in [-0.15, -0.1) is 0 Å². The monoisotopic (exact) mass is 315 g/mol. The molecule has 0 radical (unpaired) electrons. The lowest BCUT2D eigenvalue weighted by Crippen LogP contribution is -2.16. The minimum atomic E-state index is 0.0831. The van der Waals surface area contributed by atoms with Gasteiger partial charge in [0, 0.05) is 17.5 Å². The molecule has 0 aliphatic carbocycles. The van der Waals surface area contributed by atoms with E-state index in [0.717, 1.165) is 34.6 Å². The second kappa shape index (κ2) is 6.38. The van der Waals surface area contributed by atoms with Crippen molar-refractivity contribution in [3.05, 3.63) is 58.9 Å². The van der Waals surface area contributed by atoms with E-state index in [4.69, 9.17) is 22.1 Å². The van der Waals surface area contributed by atoms with Gasteiger partial charge in [-0.05, 0) is 42.3 Å². The van der Waals surface area contributed by atoms with Crippen LogP contribution in [-0.4, -0.2) is 23.6 Å². The highest BCUT2D eigenvalue weighted by Gasteiger charge is 2.17. The number of nitrogens with two attached hydrogens (primary N) is 1. The molecule has 0 aliphatic heterocycles. The Bertz CT molecular complexity index is 751. The van der Waals surface area contributed by atoms with Crippen LogP contribution in [0.3, 0.4) is 0 Å². The minimum absolute atomic E-state index is 0.0831. The van der Waals surface area contributed by atoms with Crippen molar-refractivity contribution >= 4 is 22.6 Å². The largest absolute Gasteiger partial charge is 0.496 e. The molecule has 1 aromatic heterocycles. The number of fused-ring (bicyclic) bond motifs is 1. The average Bonchev–Trinajstić information content (AvgIpc) is 2.96. The van der Waals surface area contributed by atoms with Gasteiger partial charge in [-0.1, -0.05) is 23.7 Å². The van der Waals surface area contributed by atoms with Gasteiger partial charge in [0.05, 0.1) is 18.1 Å². The highest BCUT2D eigenvalue weighted by molar-refractivity contribution is 6.30. The zero-order valence-electron chi connectivity index (χ0n) is 12.3. The first-order valence-corrected chi connectivity index (χ1v) is 7.56. The Kier molecular flexibility index (Phi) is 4.32. The summed E-state index contributed by atoms with van der Waals surface area (Å²) in [5.74, 6) is 1.80. The summed E-state index contributed by atoms with van der Waals surface area (Å²) in [7, 11) is 1.66. The van der Waals surface area contributed by atoms with Crippen molar-refractivity contribution in [1.29, 1.82) is 0 Å². The lowest BCUT2D eigenvalue weighted by molar-refractivity contribution is 0.407. The molecule has 3 N–H and O–H groups in total. The van der Waals surface area contributed by atoms with Gasteiger partial charge in [-0.25, -0.2) is 4.98 Å². The topological polar surface area (TPSA) is 63.9 Å². The van der Waals surface area contributed by atoms with Crippen LogP contribution in [0.4, 0.5) is 0 Å². The van der Waals surface area contributed by atoms with Crippen molar-refractivity contribution in [2.24, 2.45) is 5.73 Å². The fraction of sp³-hybridized carbons (Fsp3) is 0.235. The van der Waals surface area contributed by atoms with Crippen molar-refractivity contribution in [2.75, 3.05) is 13.7 Å². The van der Waals surface area contributed by atoms with Crippen LogP contribution in [0.2, 0.25) is 5.02 Å². The summed E-state index contributed by atoms with van der Waals surface area (Å²) in [6.07, 6.45) is 0.722. The van der Waals surface area contributed by atoms with Gasteiger partial charge in [0.25, 0.3) is 0 Å². The second-order valence-electron chi connectivity index (χ2n) is 5.23. The molecule has 5 heteroatoms. The van der Waals surface area contributed by atoms with Gasteiger partial charge in [-0.3, -0.25) is 0 Å². The molecule has 114 valence electrons. The summed E-state index contributed by atoms with van der Waals surface area (Å²) in [6.45, 7) is 0.496. The molecular weight excluding hydrogens is 298 g/mol. The minimum Gasteiger partial charge on any atom is -0.496 e. The number of methoxy groups -OCH3 is 1. The van der Waals surface area contributed by atoms with E-state index in [1.807, 2.05) is 42.5 Å². The van der Waals surface area contributed by atoms with Gasteiger partial charge in [-0.2, -0.15) is 0 Å². The SMILES string of the molecule is COc1ccc(Cl)cc1CC(CN)c1nc2ccccc2[nH]1. The molecular formula is C17H18ClN3O. The normalized spacial score (nSPS) is 12.5. The first-order chi connectivity index (χ1) is 10.7. The molecule has 1 unspecified atom stereocenters. The number of H-pyrrole nitrogens is 1. The molecule has 0 aliphatic rings. The molecule has 1 heterocycles.